The first-order valence-electron chi connectivity index (χ1n) is 11.3. The van der Waals surface area contributed by atoms with Gasteiger partial charge in [-0.15, -0.1) is 20.5 Å². The second-order valence-electron chi connectivity index (χ2n) is 7.57. The van der Waals surface area contributed by atoms with Crippen molar-refractivity contribution in [1.29, 1.82) is 0 Å². The van der Waals surface area contributed by atoms with E-state index in [0.717, 1.165) is 60.3 Å². The number of nitrogens with zero attached hydrogens (tertiary/aromatic N) is 4. The monoisotopic (exact) mass is 650 g/mol. The summed E-state index contributed by atoms with van der Waals surface area (Å²) in [6, 6.07) is 23.8. The Balaban J connectivity index is 0.000000661. The Hall–Kier alpha value is -2.70. The van der Waals surface area contributed by atoms with Crippen molar-refractivity contribution in [2.75, 3.05) is 13.1 Å². The molecule has 41 heavy (non-hydrogen) atoms. The van der Waals surface area contributed by atoms with Crippen molar-refractivity contribution in [3.63, 3.8) is 0 Å². The molecule has 0 aromatic carbocycles. The fraction of sp³-hybridized carbons (Fsp3) is 0.167. The molecule has 0 bridgehead atoms. The molecule has 0 fully saturated rings. The third-order valence-corrected chi connectivity index (χ3v) is 4.56. The van der Waals surface area contributed by atoms with Crippen LogP contribution in [0.15, 0.2) is 85.2 Å². The minimum absolute atomic E-state index is 0. The molecule has 4 aromatic heterocycles. The molecule has 4 aromatic rings. The molecule has 0 atom stereocenters. The maximum Gasteiger partial charge on any atom is 4.00 e. The molecule has 0 spiro atoms. The van der Waals surface area contributed by atoms with Crippen LogP contribution in [0.25, 0.3) is 22.8 Å². The number of nitrogens with one attached hydrogen (secondary N) is 2. The molecule has 4 heterocycles. The SMILES string of the molecule is [Fe+4].[O-][Cl+3]([O-])([O-])[O-].[O-][Cl+3]([O-])([O-])[O-].c1ccc(-c2cccc(CNCCNCc3cccc(-c4ccccn4)n3)n2)nc1. The largest absolute Gasteiger partial charge is 4.00 e. The minimum atomic E-state index is -4.94. The standard InChI is InChI=1S/C24H24N6.2ClHO4.Fe/c1-3-13-27-21(9-1)23-11-5-7-19(29-23)17-25-15-16-26-18-20-8-6-12-24(30-20)22-10-2-4-14-28-22;2*2-1(3,4)5;/h1-14,25-26H,15-18H2;2*(H,2,3,4,5);/q;;;+4/p-2. The molecule has 0 saturated carbocycles. The summed E-state index contributed by atoms with van der Waals surface area (Å²) in [6.45, 7) is 3.12. The zero-order chi connectivity index (χ0) is 29.4. The summed E-state index contributed by atoms with van der Waals surface area (Å²) in [4.78, 5) is 18.1. The van der Waals surface area contributed by atoms with E-state index in [-0.39, 0.29) is 17.1 Å². The molecule has 17 heteroatoms. The Kier molecular flexibility index (Phi) is 16.5. The van der Waals surface area contributed by atoms with Crippen LogP contribution in [0.4, 0.5) is 0 Å². The molecule has 0 aliphatic heterocycles. The van der Waals surface area contributed by atoms with Crippen molar-refractivity contribution in [1.82, 2.24) is 30.6 Å². The Morgan fingerprint density at radius 2 is 0.829 bits per heavy atom. The number of hydrogen-bond donors (Lipinski definition) is 2. The summed E-state index contributed by atoms with van der Waals surface area (Å²) in [5.74, 6) is 0. The van der Waals surface area contributed by atoms with Gasteiger partial charge in [-0.1, -0.05) is 24.3 Å². The first-order valence-corrected chi connectivity index (χ1v) is 13.7. The third kappa shape index (κ3) is 18.4. The average molecular weight is 651 g/mol. The Bertz CT molecular complexity index is 1160. The van der Waals surface area contributed by atoms with Crippen LogP contribution < -0.4 is 47.9 Å². The van der Waals surface area contributed by atoms with Gasteiger partial charge in [0.2, 0.25) is 0 Å². The smallest absolute Gasteiger partial charge is 0.310 e. The Morgan fingerprint density at radius 1 is 0.488 bits per heavy atom. The summed E-state index contributed by atoms with van der Waals surface area (Å²) in [6.07, 6.45) is 3.57. The summed E-state index contributed by atoms with van der Waals surface area (Å²) < 4.78 is 67.9. The molecule has 2 N–H and O–H groups in total. The summed E-state index contributed by atoms with van der Waals surface area (Å²) >= 11 is 0. The molecule has 0 radical (unpaired) electrons. The van der Waals surface area contributed by atoms with Crippen LogP contribution in [0, 0.1) is 20.5 Å². The minimum Gasteiger partial charge on any atom is -0.310 e. The van der Waals surface area contributed by atoms with Crippen LogP contribution in [0.2, 0.25) is 0 Å². The van der Waals surface area contributed by atoms with Gasteiger partial charge in [0.15, 0.2) is 0 Å². The third-order valence-electron chi connectivity index (χ3n) is 4.56. The first-order chi connectivity index (χ1) is 18.9. The molecule has 0 saturated heterocycles. The van der Waals surface area contributed by atoms with Crippen LogP contribution in [0.5, 0.6) is 0 Å². The van der Waals surface area contributed by atoms with E-state index in [0.29, 0.717) is 0 Å². The van der Waals surface area contributed by atoms with Gasteiger partial charge in [0.25, 0.3) is 0 Å². The van der Waals surface area contributed by atoms with Gasteiger partial charge in [-0.2, -0.15) is 0 Å². The molecule has 218 valence electrons. The maximum atomic E-state index is 8.49. The Morgan fingerprint density at radius 3 is 1.15 bits per heavy atom. The second-order valence-corrected chi connectivity index (χ2v) is 9.08. The second kappa shape index (κ2) is 18.7. The molecule has 0 aliphatic rings. The average Bonchev–Trinajstić information content (AvgIpc) is 2.90. The number of hydrogen-bond acceptors (Lipinski definition) is 14. The van der Waals surface area contributed by atoms with E-state index < -0.39 is 20.5 Å². The van der Waals surface area contributed by atoms with Crippen molar-refractivity contribution in [3.8, 4) is 22.8 Å². The zero-order valence-corrected chi connectivity index (χ0v) is 23.7. The van der Waals surface area contributed by atoms with Gasteiger partial charge in [-0.3, -0.25) is 9.97 Å². The maximum absolute atomic E-state index is 8.49. The van der Waals surface area contributed by atoms with E-state index in [9.17, 15) is 0 Å². The summed E-state index contributed by atoms with van der Waals surface area (Å²) in [5.41, 5.74) is 5.58. The van der Waals surface area contributed by atoms with E-state index in [1.54, 1.807) is 12.4 Å². The Labute approximate surface area is 250 Å². The van der Waals surface area contributed by atoms with Crippen molar-refractivity contribution < 1.29 is 74.8 Å². The van der Waals surface area contributed by atoms with Crippen molar-refractivity contribution >= 4 is 0 Å². The van der Waals surface area contributed by atoms with E-state index in [4.69, 9.17) is 37.3 Å². The normalized spacial score (nSPS) is 10.8. The molecule has 0 amide bonds. The van der Waals surface area contributed by atoms with Gasteiger partial charge < -0.3 is 10.6 Å². The van der Waals surface area contributed by atoms with Crippen LogP contribution >= 0.6 is 0 Å². The molecule has 14 nitrogen and oxygen atoms in total. The summed E-state index contributed by atoms with van der Waals surface area (Å²) in [5, 5.41) is 6.86. The van der Waals surface area contributed by atoms with Crippen molar-refractivity contribution in [3.05, 3.63) is 96.6 Å². The zero-order valence-electron chi connectivity index (χ0n) is 21.1. The van der Waals surface area contributed by atoms with Gasteiger partial charge in [0.05, 0.1) is 34.2 Å². The van der Waals surface area contributed by atoms with Crippen LogP contribution in [0.3, 0.4) is 0 Å². The fourth-order valence-electron chi connectivity index (χ4n) is 3.08. The molecular weight excluding hydrogens is 627 g/mol. The van der Waals surface area contributed by atoms with Crippen LogP contribution in [-0.4, -0.2) is 33.0 Å². The molecule has 4 rings (SSSR count). The van der Waals surface area contributed by atoms with Gasteiger partial charge in [0.1, 0.15) is 0 Å². The fourth-order valence-corrected chi connectivity index (χ4v) is 3.08. The first kappa shape index (κ1) is 36.3. The van der Waals surface area contributed by atoms with E-state index in [1.807, 2.05) is 72.8 Å². The van der Waals surface area contributed by atoms with E-state index in [2.05, 4.69) is 30.6 Å². The van der Waals surface area contributed by atoms with Gasteiger partial charge in [-0.05, 0) is 48.5 Å². The van der Waals surface area contributed by atoms with Crippen LogP contribution in [-0.2, 0) is 30.2 Å². The van der Waals surface area contributed by atoms with Crippen molar-refractivity contribution in [2.24, 2.45) is 0 Å². The number of aromatic nitrogens is 4. The molecular formula is C24H24Cl2FeN6O8+2. The van der Waals surface area contributed by atoms with E-state index in [1.165, 1.54) is 0 Å². The quantitative estimate of drug-likeness (QED) is 0.126. The predicted molar refractivity (Wildman–Crippen MR) is 118 cm³/mol. The molecule has 0 unspecified atom stereocenters. The molecule has 0 aliphatic carbocycles. The predicted octanol–water partition coefficient (Wildman–Crippen LogP) is -6.03. The van der Waals surface area contributed by atoms with Gasteiger partial charge in [-0.25, -0.2) is 47.2 Å². The number of halogens is 2. The number of rotatable bonds is 9. The summed E-state index contributed by atoms with van der Waals surface area (Å²) in [7, 11) is -9.89. The number of pyridine rings is 4. The topological polar surface area (TPSA) is 260 Å². The van der Waals surface area contributed by atoms with Crippen molar-refractivity contribution in [2.45, 2.75) is 13.1 Å². The van der Waals surface area contributed by atoms with Gasteiger partial charge in [0, 0.05) is 38.6 Å². The van der Waals surface area contributed by atoms with E-state index >= 15 is 0 Å². The van der Waals surface area contributed by atoms with Crippen LogP contribution in [0.1, 0.15) is 11.4 Å². The van der Waals surface area contributed by atoms with Gasteiger partial charge >= 0.3 is 17.1 Å².